The van der Waals surface area contributed by atoms with Gasteiger partial charge < -0.3 is 44.8 Å². The number of fused-ring (bicyclic) bond motifs is 1. The molecule has 3 atom stereocenters. The fourth-order valence-electron chi connectivity index (χ4n) is 5.23. The van der Waals surface area contributed by atoms with Gasteiger partial charge in [-0.3, -0.25) is 19.2 Å². The van der Waals surface area contributed by atoms with Crippen LogP contribution < -0.4 is 10.1 Å². The van der Waals surface area contributed by atoms with Crippen molar-refractivity contribution in [2.75, 3.05) is 45.9 Å². The molecule has 16 nitrogen and oxygen atoms in total. The molecule has 2 aromatic rings. The predicted octanol–water partition coefficient (Wildman–Crippen LogP) is -0.0761. The van der Waals surface area contributed by atoms with Crippen LogP contribution in [0.15, 0.2) is 30.3 Å². The zero-order valence-electron chi connectivity index (χ0n) is 24.6. The quantitative estimate of drug-likeness (QED) is 0.257. The molecule has 1 aromatic heterocycles. The minimum absolute atomic E-state index is 0.0919. The molecule has 0 aliphatic carbocycles. The molecule has 16 heteroatoms. The lowest BCUT2D eigenvalue weighted by molar-refractivity contribution is -0.149. The van der Waals surface area contributed by atoms with Crippen molar-refractivity contribution in [1.82, 2.24) is 25.0 Å². The summed E-state index contributed by atoms with van der Waals surface area (Å²) < 4.78 is 10.7. The van der Waals surface area contributed by atoms with Gasteiger partial charge in [-0.2, -0.15) is 0 Å². The lowest BCUT2D eigenvalue weighted by atomic mass is 10.1. The third-order valence-electron chi connectivity index (χ3n) is 7.51. The van der Waals surface area contributed by atoms with Crippen molar-refractivity contribution >= 4 is 46.7 Å². The molecule has 0 spiro atoms. The molecule has 4 amide bonds. The van der Waals surface area contributed by atoms with E-state index in [-0.39, 0.29) is 63.6 Å². The van der Waals surface area contributed by atoms with Crippen LogP contribution in [-0.2, 0) is 23.9 Å². The minimum atomic E-state index is -1.25. The second-order valence-electron chi connectivity index (χ2n) is 10.6. The number of likely N-dealkylation sites (tertiary alicyclic amines) is 1. The van der Waals surface area contributed by atoms with E-state index in [9.17, 15) is 44.1 Å². The zero-order valence-corrected chi connectivity index (χ0v) is 24.6. The van der Waals surface area contributed by atoms with Gasteiger partial charge in [-0.25, -0.2) is 14.6 Å². The summed E-state index contributed by atoms with van der Waals surface area (Å²) in [6.45, 7) is 1.89. The Morgan fingerprint density at radius 1 is 1.04 bits per heavy atom. The van der Waals surface area contributed by atoms with Gasteiger partial charge in [-0.1, -0.05) is 12.1 Å². The van der Waals surface area contributed by atoms with E-state index < -0.39 is 67.0 Å². The summed E-state index contributed by atoms with van der Waals surface area (Å²) in [5.41, 5.74) is 0.160. The van der Waals surface area contributed by atoms with E-state index in [1.807, 2.05) is 0 Å². The van der Waals surface area contributed by atoms with Crippen LogP contribution >= 0.6 is 0 Å². The summed E-state index contributed by atoms with van der Waals surface area (Å²) in [5, 5.41) is 31.6. The molecular weight excluding hydrogens is 594 g/mol. The molecule has 45 heavy (non-hydrogen) atoms. The van der Waals surface area contributed by atoms with Gasteiger partial charge in [0, 0.05) is 57.0 Å². The highest BCUT2D eigenvalue weighted by Crippen LogP contribution is 2.26. The van der Waals surface area contributed by atoms with E-state index in [0.717, 1.165) is 4.90 Å². The number of rotatable bonds is 11. The summed E-state index contributed by atoms with van der Waals surface area (Å²) in [6, 6.07) is 5.49. The Kier molecular flexibility index (Phi) is 10.7. The fraction of sp³-hybridized carbons (Fsp3) is 0.483. The van der Waals surface area contributed by atoms with E-state index >= 15 is 0 Å². The molecule has 4 rings (SSSR count). The molecule has 2 unspecified atom stereocenters. The molecule has 1 aromatic carbocycles. The molecule has 0 radical (unpaired) electrons. The average molecular weight is 630 g/mol. The molecule has 2 saturated heterocycles. The van der Waals surface area contributed by atoms with Gasteiger partial charge in [0.05, 0.1) is 18.2 Å². The van der Waals surface area contributed by atoms with E-state index in [4.69, 9.17) is 9.47 Å². The number of aliphatic hydroxyl groups is 1. The van der Waals surface area contributed by atoms with Gasteiger partial charge >= 0.3 is 18.0 Å². The number of β-amino-alcohol motifs (C(OH)–C–C–N with tert-alkyl or cyclic N) is 1. The SMILES string of the molecule is CCOC(=O)N1CCN(C(=O)C(CCC(=O)O)NC(=O)c2cc(OCC(=O)N3C[C@@H](O)CC3C(=O)O)c3ccccc3n2)CC1. The number of nitrogens with zero attached hydrogens (tertiary/aromatic N) is 4. The first-order chi connectivity index (χ1) is 21.5. The van der Waals surface area contributed by atoms with E-state index in [2.05, 4.69) is 10.3 Å². The Bertz CT molecular complexity index is 1460. The van der Waals surface area contributed by atoms with Crippen molar-refractivity contribution in [2.45, 2.75) is 44.4 Å². The number of piperazine rings is 1. The Morgan fingerprint density at radius 3 is 2.40 bits per heavy atom. The molecule has 242 valence electrons. The second-order valence-corrected chi connectivity index (χ2v) is 10.6. The lowest BCUT2D eigenvalue weighted by Gasteiger charge is -2.35. The second kappa shape index (κ2) is 14.7. The third kappa shape index (κ3) is 8.14. The monoisotopic (exact) mass is 629 g/mol. The largest absolute Gasteiger partial charge is 0.483 e. The van der Waals surface area contributed by atoms with Crippen LogP contribution in [0.2, 0.25) is 0 Å². The molecule has 2 fully saturated rings. The fourth-order valence-corrected chi connectivity index (χ4v) is 5.23. The smallest absolute Gasteiger partial charge is 0.409 e. The number of hydrogen-bond donors (Lipinski definition) is 4. The van der Waals surface area contributed by atoms with Gasteiger partial charge in [0.15, 0.2) is 6.61 Å². The van der Waals surface area contributed by atoms with Crippen molar-refractivity contribution in [1.29, 1.82) is 0 Å². The molecule has 0 saturated carbocycles. The molecule has 2 aliphatic rings. The number of aromatic nitrogens is 1. The van der Waals surface area contributed by atoms with E-state index in [0.29, 0.717) is 10.9 Å². The maximum Gasteiger partial charge on any atom is 0.409 e. The van der Waals surface area contributed by atoms with Gasteiger partial charge in [0.25, 0.3) is 11.8 Å². The van der Waals surface area contributed by atoms with Crippen LogP contribution in [0, 0.1) is 0 Å². The lowest BCUT2D eigenvalue weighted by Crippen LogP contribution is -2.56. The molecule has 2 aliphatic heterocycles. The van der Waals surface area contributed by atoms with Crippen LogP contribution in [-0.4, -0.2) is 135 Å². The molecular formula is C29H35N5O11. The highest BCUT2D eigenvalue weighted by atomic mass is 16.6. The number of carbonyl (C=O) groups excluding carboxylic acids is 4. The number of para-hydroxylation sites is 1. The Balaban J connectivity index is 1.50. The first kappa shape index (κ1) is 32.9. The Morgan fingerprint density at radius 2 is 1.73 bits per heavy atom. The highest BCUT2D eigenvalue weighted by molar-refractivity contribution is 5.99. The van der Waals surface area contributed by atoms with Crippen LogP contribution in [0.5, 0.6) is 5.75 Å². The summed E-state index contributed by atoms with van der Waals surface area (Å²) in [4.78, 5) is 82.8. The number of carboxylic acid groups (broad SMARTS) is 2. The summed E-state index contributed by atoms with van der Waals surface area (Å²) in [7, 11) is 0. The van der Waals surface area contributed by atoms with Gasteiger partial charge in [0.2, 0.25) is 5.91 Å². The predicted molar refractivity (Wildman–Crippen MR) is 154 cm³/mol. The van der Waals surface area contributed by atoms with E-state index in [1.165, 1.54) is 15.9 Å². The van der Waals surface area contributed by atoms with Gasteiger partial charge in [-0.15, -0.1) is 0 Å². The van der Waals surface area contributed by atoms with Crippen molar-refractivity contribution in [2.24, 2.45) is 0 Å². The van der Waals surface area contributed by atoms with Crippen LogP contribution in [0.3, 0.4) is 0 Å². The Labute approximate surface area is 257 Å². The van der Waals surface area contributed by atoms with Gasteiger partial charge in [-0.05, 0) is 25.5 Å². The van der Waals surface area contributed by atoms with Crippen molar-refractivity contribution < 1.29 is 53.6 Å². The topological polar surface area (TPSA) is 216 Å². The number of ether oxygens (including phenoxy) is 2. The van der Waals surface area contributed by atoms with Crippen molar-refractivity contribution in [3.05, 3.63) is 36.0 Å². The number of amides is 4. The molecule has 0 bridgehead atoms. The molecule has 4 N–H and O–H groups in total. The minimum Gasteiger partial charge on any atom is -0.483 e. The number of pyridine rings is 1. The van der Waals surface area contributed by atoms with Crippen LogP contribution in [0.25, 0.3) is 10.9 Å². The number of aliphatic carboxylic acids is 2. The number of hydrogen-bond acceptors (Lipinski definition) is 10. The van der Waals surface area contributed by atoms with Crippen LogP contribution in [0.1, 0.15) is 36.7 Å². The average Bonchev–Trinajstić information content (AvgIpc) is 3.43. The summed E-state index contributed by atoms with van der Waals surface area (Å²) in [5.74, 6) is -4.30. The number of carboxylic acids is 2. The van der Waals surface area contributed by atoms with E-state index in [1.54, 1.807) is 31.2 Å². The van der Waals surface area contributed by atoms with Crippen LogP contribution in [0.4, 0.5) is 4.79 Å². The van der Waals surface area contributed by atoms with Crippen molar-refractivity contribution in [3.8, 4) is 5.75 Å². The maximum absolute atomic E-state index is 13.4. The number of carbonyl (C=O) groups is 6. The Hall–Kier alpha value is -4.99. The molecule has 3 heterocycles. The number of nitrogens with one attached hydrogen (secondary N) is 1. The first-order valence-corrected chi connectivity index (χ1v) is 14.4. The van der Waals surface area contributed by atoms with Gasteiger partial charge in [0.1, 0.15) is 23.5 Å². The summed E-state index contributed by atoms with van der Waals surface area (Å²) >= 11 is 0. The zero-order chi connectivity index (χ0) is 32.7. The standard InChI is InChI=1S/C29H35N5O11/c1-2-44-29(43)33-11-9-32(10-12-33)27(40)20(7-8-25(37)38)31-26(39)21-14-23(18-5-3-4-6-19(18)30-21)45-16-24(36)34-15-17(35)13-22(34)28(41)42/h3-6,14,17,20,22,35H,2,7-13,15-16H2,1H3,(H,31,39)(H,37,38)(H,41,42)/t17-,20?,22?/m0/s1. The highest BCUT2D eigenvalue weighted by Gasteiger charge is 2.39. The third-order valence-corrected chi connectivity index (χ3v) is 7.51. The van der Waals surface area contributed by atoms with Crippen molar-refractivity contribution in [3.63, 3.8) is 0 Å². The normalized spacial score (nSPS) is 18.8. The maximum atomic E-state index is 13.4. The summed E-state index contributed by atoms with van der Waals surface area (Å²) in [6.07, 6.45) is -2.18. The number of aliphatic hydroxyl groups excluding tert-OH is 1. The number of benzene rings is 1. The first-order valence-electron chi connectivity index (χ1n) is 14.4.